The van der Waals surface area contributed by atoms with Gasteiger partial charge in [0.15, 0.2) is 18.1 Å². The van der Waals surface area contributed by atoms with E-state index in [4.69, 9.17) is 14.7 Å². The molecule has 0 aliphatic carbocycles. The van der Waals surface area contributed by atoms with Crippen molar-refractivity contribution in [1.82, 2.24) is 0 Å². The number of benzene rings is 3. The smallest absolute Gasteiger partial charge is 0.262 e. The number of amides is 1. The first-order valence-corrected chi connectivity index (χ1v) is 10.1. The number of nitriles is 1. The highest BCUT2D eigenvalue weighted by Crippen LogP contribution is 2.36. The number of para-hydroxylation sites is 1. The standard InChI is InChI=1S/C23H20BrN3O3/c1-2-29-21-13-16(14-25)12-20(24)23(21)30-15-22(28)27-19-10-8-18(9-11-19)26-17-6-4-3-5-7-17/h3-13,26H,2,15H2,1H3,(H,27,28). The summed E-state index contributed by atoms with van der Waals surface area (Å²) in [6, 6.07) is 22.5. The Balaban J connectivity index is 1.59. The lowest BCUT2D eigenvalue weighted by atomic mass is 10.2. The Morgan fingerprint density at radius 2 is 1.67 bits per heavy atom. The van der Waals surface area contributed by atoms with Crippen LogP contribution in [0.5, 0.6) is 11.5 Å². The van der Waals surface area contributed by atoms with E-state index in [0.29, 0.717) is 33.8 Å². The topological polar surface area (TPSA) is 83.4 Å². The van der Waals surface area contributed by atoms with Crippen molar-refractivity contribution < 1.29 is 14.3 Å². The molecule has 0 saturated heterocycles. The van der Waals surface area contributed by atoms with Crippen molar-refractivity contribution in [1.29, 1.82) is 5.26 Å². The molecule has 3 rings (SSSR count). The van der Waals surface area contributed by atoms with E-state index in [1.54, 1.807) is 12.1 Å². The van der Waals surface area contributed by atoms with Crippen molar-refractivity contribution in [2.45, 2.75) is 6.92 Å². The Morgan fingerprint density at radius 1 is 1.00 bits per heavy atom. The van der Waals surface area contributed by atoms with Crippen LogP contribution in [0, 0.1) is 11.3 Å². The maximum atomic E-state index is 12.3. The van der Waals surface area contributed by atoms with Gasteiger partial charge in [0.25, 0.3) is 5.91 Å². The third-order valence-electron chi connectivity index (χ3n) is 4.02. The second-order valence-corrected chi connectivity index (χ2v) is 7.09. The number of halogens is 1. The third kappa shape index (κ3) is 5.75. The maximum Gasteiger partial charge on any atom is 0.262 e. The Bertz CT molecular complexity index is 1050. The quantitative estimate of drug-likeness (QED) is 0.459. The monoisotopic (exact) mass is 465 g/mol. The number of hydrogen-bond donors (Lipinski definition) is 2. The van der Waals surface area contributed by atoms with Gasteiger partial charge in [-0.15, -0.1) is 0 Å². The number of hydrogen-bond acceptors (Lipinski definition) is 5. The first kappa shape index (κ1) is 21.2. The molecule has 7 heteroatoms. The largest absolute Gasteiger partial charge is 0.490 e. The predicted molar refractivity (Wildman–Crippen MR) is 120 cm³/mol. The molecule has 152 valence electrons. The van der Waals surface area contributed by atoms with Gasteiger partial charge in [0.05, 0.1) is 22.7 Å². The molecule has 30 heavy (non-hydrogen) atoms. The van der Waals surface area contributed by atoms with E-state index in [9.17, 15) is 4.79 Å². The fraction of sp³-hybridized carbons (Fsp3) is 0.130. The zero-order valence-corrected chi connectivity index (χ0v) is 17.9. The molecule has 0 aliphatic heterocycles. The molecule has 0 radical (unpaired) electrons. The lowest BCUT2D eigenvalue weighted by molar-refractivity contribution is -0.118. The first-order chi connectivity index (χ1) is 14.6. The number of ether oxygens (including phenoxy) is 2. The Kier molecular flexibility index (Phi) is 7.30. The van der Waals surface area contributed by atoms with Crippen LogP contribution in [0.3, 0.4) is 0 Å². The van der Waals surface area contributed by atoms with Gasteiger partial charge in [-0.25, -0.2) is 0 Å². The van der Waals surface area contributed by atoms with Crippen LogP contribution in [-0.2, 0) is 4.79 Å². The van der Waals surface area contributed by atoms with Crippen LogP contribution in [0.1, 0.15) is 12.5 Å². The molecule has 0 atom stereocenters. The van der Waals surface area contributed by atoms with E-state index in [2.05, 4.69) is 32.6 Å². The number of nitrogens with one attached hydrogen (secondary N) is 2. The highest BCUT2D eigenvalue weighted by molar-refractivity contribution is 9.10. The summed E-state index contributed by atoms with van der Waals surface area (Å²) in [5.74, 6) is 0.485. The Labute approximate surface area is 183 Å². The third-order valence-corrected chi connectivity index (χ3v) is 4.61. The highest BCUT2D eigenvalue weighted by Gasteiger charge is 2.14. The summed E-state index contributed by atoms with van der Waals surface area (Å²) in [5.41, 5.74) is 3.00. The lowest BCUT2D eigenvalue weighted by Crippen LogP contribution is -2.20. The molecule has 0 saturated carbocycles. The van der Waals surface area contributed by atoms with E-state index in [1.165, 1.54) is 0 Å². The van der Waals surface area contributed by atoms with Crippen molar-refractivity contribution in [3.8, 4) is 17.6 Å². The van der Waals surface area contributed by atoms with Gasteiger partial charge >= 0.3 is 0 Å². The van der Waals surface area contributed by atoms with Gasteiger partial charge in [0.2, 0.25) is 0 Å². The minimum atomic E-state index is -0.308. The van der Waals surface area contributed by atoms with Crippen molar-refractivity contribution in [3.05, 3.63) is 76.8 Å². The lowest BCUT2D eigenvalue weighted by Gasteiger charge is -2.14. The number of rotatable bonds is 8. The summed E-state index contributed by atoms with van der Waals surface area (Å²) >= 11 is 3.37. The van der Waals surface area contributed by atoms with Crippen LogP contribution in [0.2, 0.25) is 0 Å². The van der Waals surface area contributed by atoms with Gasteiger partial charge in [0, 0.05) is 23.1 Å². The molecular weight excluding hydrogens is 446 g/mol. The zero-order valence-electron chi connectivity index (χ0n) is 16.3. The van der Waals surface area contributed by atoms with Gasteiger partial charge in [-0.2, -0.15) is 5.26 Å². The van der Waals surface area contributed by atoms with Gasteiger partial charge in [-0.3, -0.25) is 4.79 Å². The van der Waals surface area contributed by atoms with Crippen molar-refractivity contribution in [2.75, 3.05) is 23.8 Å². The SMILES string of the molecule is CCOc1cc(C#N)cc(Br)c1OCC(=O)Nc1ccc(Nc2ccccc2)cc1. The van der Waals surface area contributed by atoms with Gasteiger partial charge in [-0.1, -0.05) is 18.2 Å². The molecule has 0 aromatic heterocycles. The number of anilines is 3. The summed E-state index contributed by atoms with van der Waals surface area (Å²) < 4.78 is 11.7. The first-order valence-electron chi connectivity index (χ1n) is 9.30. The van der Waals surface area contributed by atoms with E-state index >= 15 is 0 Å². The summed E-state index contributed by atoms with van der Waals surface area (Å²) in [5, 5.41) is 15.2. The average molecular weight is 466 g/mol. The van der Waals surface area contributed by atoms with Crippen molar-refractivity contribution in [2.24, 2.45) is 0 Å². The molecule has 0 spiro atoms. The highest BCUT2D eigenvalue weighted by atomic mass is 79.9. The summed E-state index contributed by atoms with van der Waals surface area (Å²) in [6.45, 7) is 2.04. The summed E-state index contributed by atoms with van der Waals surface area (Å²) in [7, 11) is 0. The van der Waals surface area contributed by atoms with E-state index in [1.807, 2.05) is 61.5 Å². The second-order valence-electron chi connectivity index (χ2n) is 6.24. The molecule has 0 aliphatic rings. The normalized spacial score (nSPS) is 10.0. The van der Waals surface area contributed by atoms with E-state index in [-0.39, 0.29) is 12.5 Å². The van der Waals surface area contributed by atoms with E-state index < -0.39 is 0 Å². The molecule has 3 aromatic carbocycles. The molecule has 0 bridgehead atoms. The van der Waals surface area contributed by atoms with E-state index in [0.717, 1.165) is 11.4 Å². The number of carbonyl (C=O) groups excluding carboxylic acids is 1. The summed E-state index contributed by atoms with van der Waals surface area (Å²) in [4.78, 5) is 12.3. The molecule has 1 amide bonds. The molecule has 6 nitrogen and oxygen atoms in total. The Morgan fingerprint density at radius 3 is 2.33 bits per heavy atom. The van der Waals surface area contributed by atoms with Crippen LogP contribution < -0.4 is 20.1 Å². The maximum absolute atomic E-state index is 12.3. The predicted octanol–water partition coefficient (Wildman–Crippen LogP) is 5.48. The number of nitrogens with zero attached hydrogens (tertiary/aromatic N) is 1. The molecule has 0 unspecified atom stereocenters. The van der Waals surface area contributed by atoms with Crippen LogP contribution in [-0.4, -0.2) is 19.1 Å². The van der Waals surface area contributed by atoms with Crippen molar-refractivity contribution in [3.63, 3.8) is 0 Å². The molecule has 0 fully saturated rings. The van der Waals surface area contributed by atoms with Crippen LogP contribution in [0.25, 0.3) is 0 Å². The molecule has 3 aromatic rings. The van der Waals surface area contributed by atoms with Crippen LogP contribution in [0.4, 0.5) is 17.1 Å². The molecule has 2 N–H and O–H groups in total. The Hall–Kier alpha value is -3.50. The fourth-order valence-electron chi connectivity index (χ4n) is 2.70. The average Bonchev–Trinajstić information content (AvgIpc) is 2.75. The minimum absolute atomic E-state index is 0.200. The minimum Gasteiger partial charge on any atom is -0.490 e. The fourth-order valence-corrected chi connectivity index (χ4v) is 3.25. The van der Waals surface area contributed by atoms with Crippen LogP contribution >= 0.6 is 15.9 Å². The van der Waals surface area contributed by atoms with Gasteiger partial charge < -0.3 is 20.1 Å². The van der Waals surface area contributed by atoms with Gasteiger partial charge in [0.1, 0.15) is 0 Å². The van der Waals surface area contributed by atoms with Crippen molar-refractivity contribution >= 4 is 38.9 Å². The zero-order chi connectivity index (χ0) is 21.3. The van der Waals surface area contributed by atoms with Gasteiger partial charge in [-0.05, 0) is 65.3 Å². The molecular formula is C23H20BrN3O3. The summed E-state index contributed by atoms with van der Waals surface area (Å²) in [6.07, 6.45) is 0. The molecule has 0 heterocycles. The van der Waals surface area contributed by atoms with Crippen LogP contribution in [0.15, 0.2) is 71.2 Å². The second kappa shape index (κ2) is 10.3. The number of carbonyl (C=O) groups is 1.